The predicted molar refractivity (Wildman–Crippen MR) is 62.7 cm³/mol. The van der Waals surface area contributed by atoms with Gasteiger partial charge in [0.05, 0.1) is 15.7 Å². The molecular weight excluding hydrogens is 166 g/mol. The Bertz CT molecular complexity index is 200. The van der Waals surface area contributed by atoms with Gasteiger partial charge in [-0.15, -0.1) is 0 Å². The van der Waals surface area contributed by atoms with Gasteiger partial charge in [-0.25, -0.2) is 0 Å². The van der Waals surface area contributed by atoms with Crippen LogP contribution in [0.1, 0.15) is 51.9 Å². The molecule has 0 aromatic carbocycles. The molecule has 3 atom stereocenters. The van der Waals surface area contributed by atoms with Crippen LogP contribution in [0.5, 0.6) is 0 Å². The van der Waals surface area contributed by atoms with Gasteiger partial charge < -0.3 is 0 Å². The van der Waals surface area contributed by atoms with Gasteiger partial charge in [-0.05, 0) is 24.7 Å². The fraction of sp³-hybridized carbons (Fsp3) is 1.00. The lowest BCUT2D eigenvalue weighted by molar-refractivity contribution is 0.189. The van der Waals surface area contributed by atoms with E-state index in [9.17, 15) is 0 Å². The fourth-order valence-electron chi connectivity index (χ4n) is 3.48. The van der Waals surface area contributed by atoms with Crippen molar-refractivity contribution in [2.45, 2.75) is 57.1 Å². The summed E-state index contributed by atoms with van der Waals surface area (Å²) in [5, 5.41) is -0.395. The Kier molecular flexibility index (Phi) is 3.00. The van der Waals surface area contributed by atoms with Gasteiger partial charge in [-0.2, -0.15) is 0 Å². The minimum Gasteiger partial charge on any atom is -0.0965 e. The van der Waals surface area contributed by atoms with Crippen molar-refractivity contribution in [3.63, 3.8) is 0 Å². The standard InChI is InChI=1S/C12H20B2/c1-2-12(13,14)11-7-6-9-4-3-5-10(9)8-11/h9-11H,2-8H2,1H3. The van der Waals surface area contributed by atoms with E-state index in [2.05, 4.69) is 6.92 Å². The Morgan fingerprint density at radius 1 is 1.07 bits per heavy atom. The van der Waals surface area contributed by atoms with Crippen molar-refractivity contribution in [3.05, 3.63) is 0 Å². The third-order valence-corrected chi connectivity index (χ3v) is 4.66. The lowest BCUT2D eigenvalue weighted by Gasteiger charge is -2.42. The zero-order chi connectivity index (χ0) is 10.2. The second-order valence-corrected chi connectivity index (χ2v) is 5.43. The first-order chi connectivity index (χ1) is 6.63. The summed E-state index contributed by atoms with van der Waals surface area (Å²) in [6.07, 6.45) is 9.19. The minimum absolute atomic E-state index is 0.395. The zero-order valence-electron chi connectivity index (χ0n) is 9.34. The summed E-state index contributed by atoms with van der Waals surface area (Å²) in [4.78, 5) is 0. The van der Waals surface area contributed by atoms with E-state index in [0.717, 1.165) is 18.3 Å². The van der Waals surface area contributed by atoms with Gasteiger partial charge in [0.25, 0.3) is 0 Å². The average molecular weight is 186 g/mol. The highest BCUT2D eigenvalue weighted by Crippen LogP contribution is 2.50. The maximum atomic E-state index is 6.15. The summed E-state index contributed by atoms with van der Waals surface area (Å²) in [7, 11) is 12.3. The van der Waals surface area contributed by atoms with Crippen LogP contribution in [0, 0.1) is 17.8 Å². The van der Waals surface area contributed by atoms with E-state index in [0.29, 0.717) is 5.92 Å². The predicted octanol–water partition coefficient (Wildman–Crippen LogP) is 3.07. The Hall–Kier alpha value is 0.130. The molecule has 2 fully saturated rings. The summed E-state index contributed by atoms with van der Waals surface area (Å²) in [6.45, 7) is 2.11. The quantitative estimate of drug-likeness (QED) is 0.581. The van der Waals surface area contributed by atoms with E-state index >= 15 is 0 Å². The van der Waals surface area contributed by atoms with Crippen molar-refractivity contribution >= 4 is 15.7 Å². The molecule has 4 radical (unpaired) electrons. The minimum atomic E-state index is -0.395. The molecular formula is C12H20B2. The zero-order valence-corrected chi connectivity index (χ0v) is 9.34. The Morgan fingerprint density at radius 3 is 2.50 bits per heavy atom. The molecule has 0 aromatic rings. The number of hydrogen-bond donors (Lipinski definition) is 0. The van der Waals surface area contributed by atoms with E-state index in [1.165, 1.54) is 38.5 Å². The second kappa shape index (κ2) is 3.94. The third-order valence-electron chi connectivity index (χ3n) is 4.66. The van der Waals surface area contributed by atoms with Crippen LogP contribution in [0.15, 0.2) is 0 Å². The van der Waals surface area contributed by atoms with Crippen molar-refractivity contribution in [2.75, 3.05) is 0 Å². The van der Waals surface area contributed by atoms with Crippen molar-refractivity contribution in [2.24, 2.45) is 17.8 Å². The summed E-state index contributed by atoms with van der Waals surface area (Å²) in [5.41, 5.74) is 0. The molecule has 0 N–H and O–H groups in total. The average Bonchev–Trinajstić information content (AvgIpc) is 2.64. The van der Waals surface area contributed by atoms with Crippen LogP contribution in [-0.2, 0) is 0 Å². The van der Waals surface area contributed by atoms with E-state index in [-0.39, 0.29) is 0 Å². The lowest BCUT2D eigenvalue weighted by atomic mass is 9.44. The smallest absolute Gasteiger partial charge is 0.0624 e. The molecule has 0 heterocycles. The maximum absolute atomic E-state index is 6.15. The summed E-state index contributed by atoms with van der Waals surface area (Å²) < 4.78 is 0. The van der Waals surface area contributed by atoms with Crippen molar-refractivity contribution < 1.29 is 0 Å². The monoisotopic (exact) mass is 186 g/mol. The SMILES string of the molecule is [B]C([B])(CC)C1CCC2CCCC2C1. The number of rotatable bonds is 2. The summed E-state index contributed by atoms with van der Waals surface area (Å²) in [5.74, 6) is 2.54. The molecule has 2 aliphatic carbocycles. The molecule has 0 bridgehead atoms. The molecule has 2 heteroatoms. The Morgan fingerprint density at radius 2 is 1.79 bits per heavy atom. The van der Waals surface area contributed by atoms with Gasteiger partial charge in [-0.1, -0.05) is 50.2 Å². The Balaban J connectivity index is 1.97. The first-order valence-corrected chi connectivity index (χ1v) is 6.21. The Labute approximate surface area is 91.0 Å². The number of hydrogen-bond acceptors (Lipinski definition) is 0. The van der Waals surface area contributed by atoms with Gasteiger partial charge in [0.15, 0.2) is 0 Å². The molecule has 2 aliphatic rings. The van der Waals surface area contributed by atoms with Crippen LogP contribution < -0.4 is 0 Å². The van der Waals surface area contributed by atoms with Crippen LogP contribution in [0.25, 0.3) is 0 Å². The maximum Gasteiger partial charge on any atom is 0.0624 e. The molecule has 0 saturated heterocycles. The van der Waals surface area contributed by atoms with Gasteiger partial charge >= 0.3 is 0 Å². The van der Waals surface area contributed by atoms with E-state index in [4.69, 9.17) is 15.7 Å². The number of fused-ring (bicyclic) bond motifs is 1. The van der Waals surface area contributed by atoms with Gasteiger partial charge in [0.2, 0.25) is 0 Å². The largest absolute Gasteiger partial charge is 0.0965 e. The third kappa shape index (κ3) is 1.90. The lowest BCUT2D eigenvalue weighted by Crippen LogP contribution is -2.31. The highest BCUT2D eigenvalue weighted by molar-refractivity contribution is 6.39. The van der Waals surface area contributed by atoms with Crippen molar-refractivity contribution in [1.29, 1.82) is 0 Å². The van der Waals surface area contributed by atoms with Crippen molar-refractivity contribution in [3.8, 4) is 0 Å². The van der Waals surface area contributed by atoms with Gasteiger partial charge in [0.1, 0.15) is 0 Å². The van der Waals surface area contributed by atoms with E-state index < -0.39 is 5.21 Å². The van der Waals surface area contributed by atoms with Crippen molar-refractivity contribution in [1.82, 2.24) is 0 Å². The van der Waals surface area contributed by atoms with Gasteiger partial charge in [-0.3, -0.25) is 0 Å². The normalized spacial score (nSPS) is 38.2. The first kappa shape index (κ1) is 10.6. The highest BCUT2D eigenvalue weighted by Gasteiger charge is 2.38. The molecule has 14 heavy (non-hydrogen) atoms. The molecule has 3 unspecified atom stereocenters. The summed E-state index contributed by atoms with van der Waals surface area (Å²) in [6, 6.07) is 0. The van der Waals surface area contributed by atoms with Crippen LogP contribution in [0.3, 0.4) is 0 Å². The van der Waals surface area contributed by atoms with Crippen LogP contribution >= 0.6 is 0 Å². The molecule has 0 aliphatic heterocycles. The molecule has 0 aromatic heterocycles. The van der Waals surface area contributed by atoms with E-state index in [1.807, 2.05) is 0 Å². The topological polar surface area (TPSA) is 0 Å². The molecule has 2 saturated carbocycles. The van der Waals surface area contributed by atoms with Crippen LogP contribution in [0.4, 0.5) is 0 Å². The molecule has 74 valence electrons. The molecule has 2 rings (SSSR count). The van der Waals surface area contributed by atoms with Gasteiger partial charge in [0, 0.05) is 0 Å². The molecule has 0 nitrogen and oxygen atoms in total. The first-order valence-electron chi connectivity index (χ1n) is 6.21. The van der Waals surface area contributed by atoms with E-state index in [1.54, 1.807) is 0 Å². The van der Waals surface area contributed by atoms with Crippen LogP contribution in [-0.4, -0.2) is 15.7 Å². The molecule has 0 spiro atoms. The van der Waals surface area contributed by atoms with Crippen LogP contribution in [0.2, 0.25) is 5.21 Å². The second-order valence-electron chi connectivity index (χ2n) is 5.43. The fourth-order valence-corrected chi connectivity index (χ4v) is 3.48. The summed E-state index contributed by atoms with van der Waals surface area (Å²) >= 11 is 0. The highest BCUT2D eigenvalue weighted by atomic mass is 14.4. The molecule has 0 amide bonds.